The van der Waals surface area contributed by atoms with Gasteiger partial charge >= 0.3 is 0 Å². The van der Waals surface area contributed by atoms with Crippen LogP contribution in [-0.2, 0) is 0 Å². The monoisotopic (exact) mass is 417 g/mol. The molecule has 124 valence electrons. The molecule has 0 saturated heterocycles. The second kappa shape index (κ2) is 12.3. The predicted octanol–water partition coefficient (Wildman–Crippen LogP) is 3.55. The van der Waals surface area contributed by atoms with Gasteiger partial charge in [0.25, 0.3) is 0 Å². The maximum absolute atomic E-state index is 5.84. The van der Waals surface area contributed by atoms with Gasteiger partial charge in [-0.1, -0.05) is 24.3 Å². The van der Waals surface area contributed by atoms with Gasteiger partial charge in [-0.05, 0) is 31.9 Å². The van der Waals surface area contributed by atoms with Gasteiger partial charge < -0.3 is 15.0 Å². The van der Waals surface area contributed by atoms with Crippen molar-refractivity contribution in [1.29, 1.82) is 0 Å². The molecule has 1 rings (SSSR count). The first-order valence-electron chi connectivity index (χ1n) is 7.41. The van der Waals surface area contributed by atoms with Crippen LogP contribution in [0.4, 0.5) is 0 Å². The van der Waals surface area contributed by atoms with E-state index in [1.54, 1.807) is 7.05 Å². The lowest BCUT2D eigenvalue weighted by Gasteiger charge is -2.23. The molecule has 0 spiro atoms. The van der Waals surface area contributed by atoms with Crippen LogP contribution in [0.25, 0.3) is 0 Å². The molecular formula is C17H28IN3O. The summed E-state index contributed by atoms with van der Waals surface area (Å²) in [6.45, 7) is 7.46. The Balaban J connectivity index is 0.00000441. The SMILES string of the molecule is C=CCCCN(C)C(=NC)NCC(C)Oc1ccccc1.I. The molecule has 4 nitrogen and oxygen atoms in total. The number of guanidine groups is 1. The molecule has 1 aromatic carbocycles. The summed E-state index contributed by atoms with van der Waals surface area (Å²) in [6, 6.07) is 9.86. The van der Waals surface area contributed by atoms with Gasteiger partial charge in [0.2, 0.25) is 0 Å². The first-order chi connectivity index (χ1) is 10.2. The van der Waals surface area contributed by atoms with Gasteiger partial charge in [-0.3, -0.25) is 4.99 Å². The second-order valence-electron chi connectivity index (χ2n) is 5.02. The highest BCUT2D eigenvalue weighted by Crippen LogP contribution is 2.10. The van der Waals surface area contributed by atoms with Crippen LogP contribution < -0.4 is 10.1 Å². The molecule has 0 aromatic heterocycles. The third-order valence-corrected chi connectivity index (χ3v) is 3.10. The second-order valence-corrected chi connectivity index (χ2v) is 5.02. The first kappa shape index (κ1) is 20.8. The normalized spacial score (nSPS) is 12.0. The molecule has 1 unspecified atom stereocenters. The van der Waals surface area contributed by atoms with E-state index in [0.29, 0.717) is 6.54 Å². The van der Waals surface area contributed by atoms with Crippen molar-refractivity contribution >= 4 is 29.9 Å². The molecule has 1 N–H and O–H groups in total. The summed E-state index contributed by atoms with van der Waals surface area (Å²) in [6.07, 6.45) is 4.12. The Morgan fingerprint density at radius 2 is 2.09 bits per heavy atom. The van der Waals surface area contributed by atoms with Crippen LogP contribution in [0.1, 0.15) is 19.8 Å². The lowest BCUT2D eigenvalue weighted by Crippen LogP contribution is -2.43. The van der Waals surface area contributed by atoms with Crippen LogP contribution in [0.15, 0.2) is 48.0 Å². The third-order valence-electron chi connectivity index (χ3n) is 3.10. The summed E-state index contributed by atoms with van der Waals surface area (Å²) >= 11 is 0. The summed E-state index contributed by atoms with van der Waals surface area (Å²) in [4.78, 5) is 6.42. The fraction of sp³-hybridized carbons (Fsp3) is 0.471. The van der Waals surface area contributed by atoms with Crippen molar-refractivity contribution in [2.75, 3.05) is 27.2 Å². The van der Waals surface area contributed by atoms with Crippen LogP contribution in [-0.4, -0.2) is 44.1 Å². The maximum Gasteiger partial charge on any atom is 0.193 e. The Hall–Kier alpha value is -1.24. The molecule has 22 heavy (non-hydrogen) atoms. The number of nitrogens with one attached hydrogen (secondary N) is 1. The molecule has 0 aliphatic heterocycles. The average Bonchev–Trinajstić information content (AvgIpc) is 2.49. The van der Waals surface area contributed by atoms with Gasteiger partial charge in [-0.2, -0.15) is 0 Å². The number of unbranched alkanes of at least 4 members (excludes halogenated alkanes) is 1. The minimum atomic E-state index is 0. The fourth-order valence-corrected chi connectivity index (χ4v) is 1.97. The molecule has 0 saturated carbocycles. The van der Waals surface area contributed by atoms with Crippen molar-refractivity contribution in [3.05, 3.63) is 43.0 Å². The summed E-state index contributed by atoms with van der Waals surface area (Å²) in [5.41, 5.74) is 0. The number of benzene rings is 1. The largest absolute Gasteiger partial charge is 0.489 e. The summed E-state index contributed by atoms with van der Waals surface area (Å²) in [5, 5.41) is 3.34. The van der Waals surface area contributed by atoms with E-state index >= 15 is 0 Å². The van der Waals surface area contributed by atoms with Gasteiger partial charge in [0, 0.05) is 20.6 Å². The number of hydrogen-bond donors (Lipinski definition) is 1. The number of allylic oxidation sites excluding steroid dienone is 1. The molecule has 0 bridgehead atoms. The summed E-state index contributed by atoms with van der Waals surface area (Å²) < 4.78 is 5.84. The first-order valence-corrected chi connectivity index (χ1v) is 7.41. The fourth-order valence-electron chi connectivity index (χ4n) is 1.97. The molecule has 0 fully saturated rings. The van der Waals surface area contributed by atoms with Gasteiger partial charge in [-0.25, -0.2) is 0 Å². The average molecular weight is 417 g/mol. The highest BCUT2D eigenvalue weighted by atomic mass is 127. The minimum Gasteiger partial charge on any atom is -0.489 e. The quantitative estimate of drug-likeness (QED) is 0.231. The molecular weight excluding hydrogens is 389 g/mol. The number of hydrogen-bond acceptors (Lipinski definition) is 2. The third kappa shape index (κ3) is 8.26. The number of halogens is 1. The number of rotatable bonds is 8. The molecule has 0 heterocycles. The zero-order valence-electron chi connectivity index (χ0n) is 13.8. The van der Waals surface area contributed by atoms with E-state index in [4.69, 9.17) is 4.74 Å². The van der Waals surface area contributed by atoms with Crippen LogP contribution in [0.3, 0.4) is 0 Å². The highest BCUT2D eigenvalue weighted by Gasteiger charge is 2.08. The van der Waals surface area contributed by atoms with E-state index in [1.807, 2.05) is 50.4 Å². The molecule has 0 amide bonds. The molecule has 0 aliphatic carbocycles. The zero-order valence-corrected chi connectivity index (χ0v) is 16.1. The smallest absolute Gasteiger partial charge is 0.193 e. The number of para-hydroxylation sites is 1. The highest BCUT2D eigenvalue weighted by molar-refractivity contribution is 14.0. The van der Waals surface area contributed by atoms with Gasteiger partial charge in [0.05, 0.1) is 6.54 Å². The number of nitrogens with zero attached hydrogens (tertiary/aromatic N) is 2. The Morgan fingerprint density at radius 1 is 1.41 bits per heavy atom. The van der Waals surface area contributed by atoms with Crippen LogP contribution >= 0.6 is 24.0 Å². The van der Waals surface area contributed by atoms with E-state index in [0.717, 1.165) is 31.1 Å². The van der Waals surface area contributed by atoms with Crippen molar-refractivity contribution in [1.82, 2.24) is 10.2 Å². The maximum atomic E-state index is 5.84. The molecule has 0 aliphatic rings. The van der Waals surface area contributed by atoms with Crippen molar-refractivity contribution < 1.29 is 4.74 Å². The van der Waals surface area contributed by atoms with Gasteiger partial charge in [-0.15, -0.1) is 30.6 Å². The van der Waals surface area contributed by atoms with E-state index in [2.05, 4.69) is 21.8 Å². The van der Waals surface area contributed by atoms with Crippen molar-refractivity contribution in [3.8, 4) is 5.75 Å². The lowest BCUT2D eigenvalue weighted by atomic mass is 10.3. The van der Waals surface area contributed by atoms with E-state index in [9.17, 15) is 0 Å². The summed E-state index contributed by atoms with van der Waals surface area (Å²) in [7, 11) is 3.84. The van der Waals surface area contributed by atoms with Gasteiger partial charge in [0.1, 0.15) is 11.9 Å². The summed E-state index contributed by atoms with van der Waals surface area (Å²) in [5.74, 6) is 1.78. The van der Waals surface area contributed by atoms with Crippen LogP contribution in [0.5, 0.6) is 5.75 Å². The van der Waals surface area contributed by atoms with Gasteiger partial charge in [0.15, 0.2) is 5.96 Å². The Morgan fingerprint density at radius 3 is 2.68 bits per heavy atom. The molecule has 0 radical (unpaired) electrons. The van der Waals surface area contributed by atoms with Crippen molar-refractivity contribution in [3.63, 3.8) is 0 Å². The topological polar surface area (TPSA) is 36.9 Å². The lowest BCUT2D eigenvalue weighted by molar-refractivity contribution is 0.222. The van der Waals surface area contributed by atoms with Crippen molar-refractivity contribution in [2.24, 2.45) is 4.99 Å². The standard InChI is InChI=1S/C17H27N3O.HI/c1-5-6-10-13-20(4)17(18-3)19-14-15(2)21-16-11-8-7-9-12-16;/h5,7-9,11-12,15H,1,6,10,13-14H2,2-4H3,(H,18,19);1H. The molecule has 1 atom stereocenters. The number of aliphatic imine (C=N–C) groups is 1. The Labute approximate surface area is 151 Å². The predicted molar refractivity (Wildman–Crippen MR) is 105 cm³/mol. The van der Waals surface area contributed by atoms with Crippen LogP contribution in [0, 0.1) is 0 Å². The van der Waals surface area contributed by atoms with E-state index in [-0.39, 0.29) is 30.1 Å². The zero-order chi connectivity index (χ0) is 15.5. The van der Waals surface area contributed by atoms with E-state index < -0.39 is 0 Å². The Kier molecular flexibility index (Phi) is 11.6. The van der Waals surface area contributed by atoms with Crippen molar-refractivity contribution in [2.45, 2.75) is 25.9 Å². The van der Waals surface area contributed by atoms with Crippen LogP contribution in [0.2, 0.25) is 0 Å². The minimum absolute atomic E-state index is 0. The van der Waals surface area contributed by atoms with E-state index in [1.165, 1.54) is 0 Å². The molecule has 1 aromatic rings. The Bertz CT molecular complexity index is 437. The number of ether oxygens (including phenoxy) is 1. The molecule has 5 heteroatoms.